The van der Waals surface area contributed by atoms with E-state index in [0.29, 0.717) is 11.1 Å². The monoisotopic (exact) mass is 302 g/mol. The zero-order valence-electron chi connectivity index (χ0n) is 11.1. The second kappa shape index (κ2) is 4.33. The van der Waals surface area contributed by atoms with Crippen LogP contribution >= 0.6 is 0 Å². The van der Waals surface area contributed by atoms with Crippen molar-refractivity contribution in [3.8, 4) is 5.69 Å². The predicted octanol–water partition coefficient (Wildman–Crippen LogP) is 3.92. The summed E-state index contributed by atoms with van der Waals surface area (Å²) in [7, 11) is 0. The van der Waals surface area contributed by atoms with Gasteiger partial charge in [-0.15, -0.1) is 0 Å². The molecule has 0 aromatic carbocycles. The first-order valence-corrected chi connectivity index (χ1v) is 6.51. The molecule has 0 aliphatic heterocycles. The van der Waals surface area contributed by atoms with Crippen LogP contribution in [0.4, 0.5) is 13.2 Å². The molecule has 0 atom stereocenters. The van der Waals surface area contributed by atoms with E-state index in [2.05, 4.69) is 15.0 Å². The number of hydrogen-bond acceptors (Lipinski definition) is 2. The second-order valence-corrected chi connectivity index (χ2v) is 4.90. The van der Waals surface area contributed by atoms with Crippen molar-refractivity contribution < 1.29 is 13.2 Å². The lowest BCUT2D eigenvalue weighted by Crippen LogP contribution is -2.08. The molecule has 0 bridgehead atoms. The molecule has 4 nitrogen and oxygen atoms in total. The lowest BCUT2D eigenvalue weighted by Gasteiger charge is -2.08. The highest BCUT2D eigenvalue weighted by atomic mass is 19.4. The van der Waals surface area contributed by atoms with Crippen molar-refractivity contribution in [3.05, 3.63) is 54.6 Å². The first kappa shape index (κ1) is 12.9. The van der Waals surface area contributed by atoms with Gasteiger partial charge in [-0.3, -0.25) is 4.57 Å². The molecule has 0 amide bonds. The number of nitrogens with one attached hydrogen (secondary N) is 1. The molecule has 4 heterocycles. The van der Waals surface area contributed by atoms with Crippen molar-refractivity contribution in [2.24, 2.45) is 0 Å². The third kappa shape index (κ3) is 1.93. The number of pyridine rings is 2. The van der Waals surface area contributed by atoms with Gasteiger partial charge < -0.3 is 4.98 Å². The van der Waals surface area contributed by atoms with Crippen LogP contribution in [0.1, 0.15) is 5.69 Å². The summed E-state index contributed by atoms with van der Waals surface area (Å²) in [5.41, 5.74) is 0.736. The van der Waals surface area contributed by atoms with E-state index >= 15 is 0 Å². The number of fused-ring (bicyclic) bond motifs is 2. The zero-order valence-corrected chi connectivity index (χ0v) is 11.1. The Morgan fingerprint density at radius 3 is 2.73 bits per heavy atom. The quantitative estimate of drug-likeness (QED) is 0.579. The van der Waals surface area contributed by atoms with E-state index in [9.17, 15) is 13.2 Å². The number of halogens is 3. The number of aromatic amines is 1. The standard InChI is InChI=1S/C15H9F3N4/c16-15(17,18)12-2-1-9-4-6-22(14(9)21-12)11-7-10-3-5-19-13(10)20-8-11/h1-8H,(H,19,20). The Balaban J connectivity index is 1.93. The second-order valence-electron chi connectivity index (χ2n) is 4.90. The summed E-state index contributed by atoms with van der Waals surface area (Å²) in [6.07, 6.45) is 0.578. The van der Waals surface area contributed by atoms with Crippen molar-refractivity contribution in [3.63, 3.8) is 0 Å². The van der Waals surface area contributed by atoms with Gasteiger partial charge in [0.15, 0.2) is 0 Å². The lowest BCUT2D eigenvalue weighted by atomic mass is 10.3. The van der Waals surface area contributed by atoms with Crippen LogP contribution < -0.4 is 0 Å². The molecule has 22 heavy (non-hydrogen) atoms. The van der Waals surface area contributed by atoms with Gasteiger partial charge in [0, 0.05) is 23.2 Å². The van der Waals surface area contributed by atoms with Gasteiger partial charge in [0.2, 0.25) is 0 Å². The zero-order chi connectivity index (χ0) is 15.3. The Hall–Kier alpha value is -2.83. The number of rotatable bonds is 1. The van der Waals surface area contributed by atoms with E-state index in [1.54, 1.807) is 29.2 Å². The molecule has 0 aliphatic carbocycles. The highest BCUT2D eigenvalue weighted by Gasteiger charge is 2.32. The van der Waals surface area contributed by atoms with Gasteiger partial charge in [0.25, 0.3) is 0 Å². The minimum atomic E-state index is -4.47. The summed E-state index contributed by atoms with van der Waals surface area (Å²) in [6.45, 7) is 0. The number of nitrogens with zero attached hydrogens (tertiary/aromatic N) is 3. The molecule has 4 rings (SSSR count). The summed E-state index contributed by atoms with van der Waals surface area (Å²) in [5.74, 6) is 0. The van der Waals surface area contributed by atoms with E-state index in [1.165, 1.54) is 6.07 Å². The largest absolute Gasteiger partial charge is 0.433 e. The third-order valence-electron chi connectivity index (χ3n) is 3.49. The van der Waals surface area contributed by atoms with Crippen molar-refractivity contribution in [2.75, 3.05) is 0 Å². The van der Waals surface area contributed by atoms with Crippen LogP contribution in [0.5, 0.6) is 0 Å². The molecule has 0 aliphatic rings. The summed E-state index contributed by atoms with van der Waals surface area (Å²) in [4.78, 5) is 11.0. The van der Waals surface area contributed by atoms with E-state index in [4.69, 9.17) is 0 Å². The molecule has 110 valence electrons. The van der Waals surface area contributed by atoms with Gasteiger partial charge in [-0.1, -0.05) is 0 Å². The first-order valence-electron chi connectivity index (χ1n) is 6.51. The molecule has 1 N–H and O–H groups in total. The molecule has 0 radical (unpaired) electrons. The van der Waals surface area contributed by atoms with Crippen LogP contribution in [0.25, 0.3) is 27.8 Å². The maximum Gasteiger partial charge on any atom is 0.433 e. The molecule has 7 heteroatoms. The molecular formula is C15H9F3N4. The molecule has 0 fully saturated rings. The SMILES string of the molecule is FC(F)(F)c1ccc2ccn(-c3cnc4[nH]ccc4c3)c2n1. The fourth-order valence-corrected chi connectivity index (χ4v) is 2.43. The Kier molecular flexibility index (Phi) is 2.53. The van der Waals surface area contributed by atoms with Gasteiger partial charge in [0.05, 0.1) is 11.9 Å². The van der Waals surface area contributed by atoms with E-state index < -0.39 is 11.9 Å². The van der Waals surface area contributed by atoms with Crippen LogP contribution in [0.3, 0.4) is 0 Å². The van der Waals surface area contributed by atoms with Crippen LogP contribution in [0.15, 0.2) is 48.9 Å². The highest BCUT2D eigenvalue weighted by Crippen LogP contribution is 2.30. The van der Waals surface area contributed by atoms with Gasteiger partial charge in [-0.05, 0) is 30.3 Å². The molecule has 0 spiro atoms. The Morgan fingerprint density at radius 1 is 1.05 bits per heavy atom. The molecule has 0 saturated heterocycles. The number of hydrogen-bond donors (Lipinski definition) is 1. The molecule has 0 saturated carbocycles. The summed E-state index contributed by atoms with van der Waals surface area (Å²) < 4.78 is 40.1. The Labute approximate surface area is 122 Å². The van der Waals surface area contributed by atoms with Gasteiger partial charge >= 0.3 is 6.18 Å². The maximum absolute atomic E-state index is 12.8. The Morgan fingerprint density at radius 2 is 1.91 bits per heavy atom. The third-order valence-corrected chi connectivity index (χ3v) is 3.49. The van der Waals surface area contributed by atoms with Crippen molar-refractivity contribution >= 4 is 22.1 Å². The molecular weight excluding hydrogens is 293 g/mol. The summed E-state index contributed by atoms with van der Waals surface area (Å²) in [5, 5.41) is 1.52. The molecule has 0 unspecified atom stereocenters. The average molecular weight is 302 g/mol. The van der Waals surface area contributed by atoms with Crippen molar-refractivity contribution in [1.82, 2.24) is 19.5 Å². The normalized spacial score (nSPS) is 12.3. The van der Waals surface area contributed by atoms with Crippen LogP contribution in [0, 0.1) is 0 Å². The van der Waals surface area contributed by atoms with E-state index in [-0.39, 0.29) is 5.65 Å². The van der Waals surface area contributed by atoms with Gasteiger partial charge in [0.1, 0.15) is 17.0 Å². The Bertz CT molecular complexity index is 981. The summed E-state index contributed by atoms with van der Waals surface area (Å²) >= 11 is 0. The average Bonchev–Trinajstić information content (AvgIpc) is 3.11. The number of aromatic nitrogens is 4. The van der Waals surface area contributed by atoms with E-state index in [1.807, 2.05) is 12.1 Å². The topological polar surface area (TPSA) is 46.5 Å². The smallest absolute Gasteiger partial charge is 0.346 e. The predicted molar refractivity (Wildman–Crippen MR) is 75.7 cm³/mol. The highest BCUT2D eigenvalue weighted by molar-refractivity contribution is 5.81. The molecule has 4 aromatic rings. The van der Waals surface area contributed by atoms with Gasteiger partial charge in [-0.2, -0.15) is 13.2 Å². The fraction of sp³-hybridized carbons (Fsp3) is 0.0667. The number of alkyl halides is 3. The molecule has 4 aromatic heterocycles. The van der Waals surface area contributed by atoms with E-state index in [0.717, 1.165) is 17.1 Å². The summed E-state index contributed by atoms with van der Waals surface area (Å²) in [6, 6.07) is 7.83. The van der Waals surface area contributed by atoms with Gasteiger partial charge in [-0.25, -0.2) is 9.97 Å². The van der Waals surface area contributed by atoms with Crippen molar-refractivity contribution in [2.45, 2.75) is 6.18 Å². The number of H-pyrrole nitrogens is 1. The fourth-order valence-electron chi connectivity index (χ4n) is 2.43. The van der Waals surface area contributed by atoms with Crippen LogP contribution in [-0.2, 0) is 6.18 Å². The van der Waals surface area contributed by atoms with Crippen molar-refractivity contribution in [1.29, 1.82) is 0 Å². The maximum atomic E-state index is 12.8. The minimum absolute atomic E-state index is 0.256. The minimum Gasteiger partial charge on any atom is -0.346 e. The van der Waals surface area contributed by atoms with Crippen LogP contribution in [0.2, 0.25) is 0 Å². The first-order chi connectivity index (χ1) is 10.5. The lowest BCUT2D eigenvalue weighted by molar-refractivity contribution is -0.141. The van der Waals surface area contributed by atoms with Crippen LogP contribution in [-0.4, -0.2) is 19.5 Å².